The minimum absolute atomic E-state index is 0.0000227. The van der Waals surface area contributed by atoms with E-state index < -0.39 is 0 Å². The molecule has 0 atom stereocenters. The van der Waals surface area contributed by atoms with Crippen molar-refractivity contribution in [3.63, 3.8) is 0 Å². The first-order valence-corrected chi connectivity index (χ1v) is 6.07. The highest BCUT2D eigenvalue weighted by Gasteiger charge is 2.17. The Labute approximate surface area is 107 Å². The number of hydrogen-bond acceptors (Lipinski definition) is 3. The zero-order chi connectivity index (χ0) is 13.1. The van der Waals surface area contributed by atoms with Crippen molar-refractivity contribution in [2.24, 2.45) is 0 Å². The zero-order valence-corrected chi connectivity index (χ0v) is 10.7. The summed E-state index contributed by atoms with van der Waals surface area (Å²) in [6.45, 7) is -0.0000227. The molecule has 0 unspecified atom stereocenters. The Kier molecular flexibility index (Phi) is 3.65. The molecular formula is C14H17NO3. The number of benzene rings is 1. The van der Waals surface area contributed by atoms with Crippen molar-refractivity contribution in [3.05, 3.63) is 29.3 Å². The second-order valence-corrected chi connectivity index (χ2v) is 4.67. The van der Waals surface area contributed by atoms with Crippen LogP contribution in [0.15, 0.2) is 18.2 Å². The molecule has 0 aliphatic heterocycles. The van der Waals surface area contributed by atoms with Crippen molar-refractivity contribution < 1.29 is 14.3 Å². The number of carbonyl (C=O) groups is 2. The van der Waals surface area contributed by atoms with Gasteiger partial charge in [-0.05, 0) is 30.5 Å². The van der Waals surface area contributed by atoms with Crippen molar-refractivity contribution >= 4 is 11.7 Å². The fraction of sp³-hybridized carbons (Fsp3) is 0.429. The van der Waals surface area contributed by atoms with Gasteiger partial charge in [0.1, 0.15) is 5.75 Å². The lowest BCUT2D eigenvalue weighted by molar-refractivity contribution is -0.130. The lowest BCUT2D eigenvalue weighted by Crippen LogP contribution is -2.27. The summed E-state index contributed by atoms with van der Waals surface area (Å²) in [6.07, 6.45) is 2.47. The summed E-state index contributed by atoms with van der Waals surface area (Å²) in [5, 5.41) is 0. The average Bonchev–Trinajstić information content (AvgIpc) is 2.36. The van der Waals surface area contributed by atoms with E-state index in [1.54, 1.807) is 20.2 Å². The van der Waals surface area contributed by atoms with Crippen LogP contribution >= 0.6 is 0 Å². The maximum absolute atomic E-state index is 11.8. The smallest absolute Gasteiger partial charge is 0.259 e. The molecule has 1 aromatic rings. The van der Waals surface area contributed by atoms with Gasteiger partial charge in [0, 0.05) is 26.1 Å². The number of aryl methyl sites for hydroxylation is 1. The molecule has 0 fully saturated rings. The Morgan fingerprint density at radius 1 is 1.33 bits per heavy atom. The van der Waals surface area contributed by atoms with Crippen LogP contribution in [-0.2, 0) is 11.2 Å². The second-order valence-electron chi connectivity index (χ2n) is 4.67. The molecule has 1 amide bonds. The van der Waals surface area contributed by atoms with Gasteiger partial charge in [0.05, 0.1) is 0 Å². The minimum atomic E-state index is -0.0981. The maximum atomic E-state index is 11.8. The van der Waals surface area contributed by atoms with Gasteiger partial charge in [-0.1, -0.05) is 6.07 Å². The Morgan fingerprint density at radius 3 is 2.83 bits per heavy atom. The van der Waals surface area contributed by atoms with Crippen LogP contribution in [0.25, 0.3) is 0 Å². The first kappa shape index (κ1) is 12.6. The third-order valence-corrected chi connectivity index (χ3v) is 3.09. The van der Waals surface area contributed by atoms with E-state index in [9.17, 15) is 9.59 Å². The van der Waals surface area contributed by atoms with Crippen LogP contribution in [0.3, 0.4) is 0 Å². The van der Waals surface area contributed by atoms with Gasteiger partial charge in [0.15, 0.2) is 12.4 Å². The predicted molar refractivity (Wildman–Crippen MR) is 67.9 cm³/mol. The quantitative estimate of drug-likeness (QED) is 0.816. The van der Waals surface area contributed by atoms with Crippen LogP contribution in [0.1, 0.15) is 28.8 Å². The minimum Gasteiger partial charge on any atom is -0.484 e. The SMILES string of the molecule is CN(C)C(=O)COc1ccc2c(c1)C(=O)CCC2. The predicted octanol–water partition coefficient (Wildman–Crippen LogP) is 1.67. The van der Waals surface area contributed by atoms with Crippen molar-refractivity contribution in [1.82, 2.24) is 4.90 Å². The lowest BCUT2D eigenvalue weighted by Gasteiger charge is -2.16. The highest BCUT2D eigenvalue weighted by atomic mass is 16.5. The number of nitrogens with zero attached hydrogens (tertiary/aromatic N) is 1. The Balaban J connectivity index is 2.09. The van der Waals surface area contributed by atoms with Crippen LogP contribution in [-0.4, -0.2) is 37.3 Å². The van der Waals surface area contributed by atoms with Gasteiger partial charge < -0.3 is 9.64 Å². The summed E-state index contributed by atoms with van der Waals surface area (Å²) >= 11 is 0. The molecule has 0 N–H and O–H groups in total. The first-order chi connectivity index (χ1) is 8.58. The third-order valence-electron chi connectivity index (χ3n) is 3.09. The number of Topliss-reactive ketones (excluding diaryl/α,β-unsaturated/α-hetero) is 1. The van der Waals surface area contributed by atoms with E-state index in [0.717, 1.165) is 24.0 Å². The molecule has 0 aromatic heterocycles. The molecule has 4 nitrogen and oxygen atoms in total. The van der Waals surface area contributed by atoms with Gasteiger partial charge >= 0.3 is 0 Å². The molecule has 1 aromatic carbocycles. The molecule has 0 saturated heterocycles. The number of carbonyl (C=O) groups excluding carboxylic acids is 2. The van der Waals surface area contributed by atoms with Crippen LogP contribution in [0.5, 0.6) is 5.75 Å². The second kappa shape index (κ2) is 5.21. The number of amides is 1. The summed E-state index contributed by atoms with van der Waals surface area (Å²) in [6, 6.07) is 5.49. The van der Waals surface area contributed by atoms with E-state index >= 15 is 0 Å². The van der Waals surface area contributed by atoms with Gasteiger partial charge in [-0.3, -0.25) is 9.59 Å². The van der Waals surface area contributed by atoms with Crippen LogP contribution in [0.2, 0.25) is 0 Å². The molecule has 1 aliphatic carbocycles. The molecule has 96 valence electrons. The lowest BCUT2D eigenvalue weighted by atomic mass is 9.90. The molecule has 0 bridgehead atoms. The molecule has 4 heteroatoms. The van der Waals surface area contributed by atoms with Crippen LogP contribution in [0, 0.1) is 0 Å². The van der Waals surface area contributed by atoms with Crippen molar-refractivity contribution in [3.8, 4) is 5.75 Å². The van der Waals surface area contributed by atoms with Crippen LogP contribution < -0.4 is 4.74 Å². The molecule has 18 heavy (non-hydrogen) atoms. The topological polar surface area (TPSA) is 46.6 Å². The highest BCUT2D eigenvalue weighted by Crippen LogP contribution is 2.25. The number of rotatable bonds is 3. The number of fused-ring (bicyclic) bond motifs is 1. The molecule has 0 spiro atoms. The summed E-state index contributed by atoms with van der Waals surface area (Å²) in [4.78, 5) is 24.6. The summed E-state index contributed by atoms with van der Waals surface area (Å²) in [7, 11) is 3.37. The zero-order valence-electron chi connectivity index (χ0n) is 10.7. The Hall–Kier alpha value is -1.84. The van der Waals surface area contributed by atoms with Gasteiger partial charge in [-0.25, -0.2) is 0 Å². The highest BCUT2D eigenvalue weighted by molar-refractivity contribution is 5.98. The maximum Gasteiger partial charge on any atom is 0.259 e. The fourth-order valence-electron chi connectivity index (χ4n) is 1.97. The monoisotopic (exact) mass is 247 g/mol. The molecule has 2 rings (SSSR count). The number of ketones is 1. The van der Waals surface area contributed by atoms with E-state index in [0.29, 0.717) is 12.2 Å². The van der Waals surface area contributed by atoms with Crippen molar-refractivity contribution in [2.75, 3.05) is 20.7 Å². The van der Waals surface area contributed by atoms with E-state index in [2.05, 4.69) is 0 Å². The average molecular weight is 247 g/mol. The first-order valence-electron chi connectivity index (χ1n) is 6.07. The van der Waals surface area contributed by atoms with E-state index in [4.69, 9.17) is 4.74 Å². The molecule has 0 heterocycles. The van der Waals surface area contributed by atoms with Gasteiger partial charge in [0.2, 0.25) is 0 Å². The van der Waals surface area contributed by atoms with Gasteiger partial charge in [-0.15, -0.1) is 0 Å². The third kappa shape index (κ3) is 2.70. The molecule has 1 aliphatic rings. The number of hydrogen-bond donors (Lipinski definition) is 0. The molecule has 0 saturated carbocycles. The Bertz CT molecular complexity index is 480. The van der Waals surface area contributed by atoms with E-state index in [1.165, 1.54) is 4.90 Å². The summed E-state index contributed by atoms with van der Waals surface area (Å²) in [5.74, 6) is 0.652. The molecular weight excluding hydrogens is 230 g/mol. The standard InChI is InChI=1S/C14H17NO3/c1-15(2)14(17)9-18-11-7-6-10-4-3-5-13(16)12(10)8-11/h6-8H,3-5,9H2,1-2H3. The molecule has 0 radical (unpaired) electrons. The van der Waals surface area contributed by atoms with E-state index in [1.807, 2.05) is 12.1 Å². The van der Waals surface area contributed by atoms with Crippen molar-refractivity contribution in [1.29, 1.82) is 0 Å². The van der Waals surface area contributed by atoms with Crippen molar-refractivity contribution in [2.45, 2.75) is 19.3 Å². The van der Waals surface area contributed by atoms with Gasteiger partial charge in [-0.2, -0.15) is 0 Å². The fourth-order valence-corrected chi connectivity index (χ4v) is 1.97. The van der Waals surface area contributed by atoms with E-state index in [-0.39, 0.29) is 18.3 Å². The summed E-state index contributed by atoms with van der Waals surface area (Å²) < 4.78 is 5.40. The number of ether oxygens (including phenoxy) is 1. The van der Waals surface area contributed by atoms with Gasteiger partial charge in [0.25, 0.3) is 5.91 Å². The number of likely N-dealkylation sites (N-methyl/N-ethyl adjacent to an activating group) is 1. The Morgan fingerprint density at radius 2 is 2.11 bits per heavy atom. The largest absolute Gasteiger partial charge is 0.484 e. The summed E-state index contributed by atoms with van der Waals surface area (Å²) in [5.41, 5.74) is 1.83. The van der Waals surface area contributed by atoms with Crippen LogP contribution in [0.4, 0.5) is 0 Å². The normalized spacial score (nSPS) is 14.0.